The molecular weight excluding hydrogens is 925 g/mol. The van der Waals surface area contributed by atoms with Crippen molar-refractivity contribution >= 4 is 17.9 Å². The number of unbranched alkanes of at least 4 members (excludes halogenated alkanes) is 30. The number of carbonyl (C=O) groups excluding carboxylic acids is 3. The van der Waals surface area contributed by atoms with E-state index in [1.54, 1.807) is 0 Å². The van der Waals surface area contributed by atoms with E-state index in [4.69, 9.17) is 14.2 Å². The topological polar surface area (TPSA) is 78.9 Å². The van der Waals surface area contributed by atoms with Crippen LogP contribution in [0.25, 0.3) is 0 Å². The normalized spacial score (nSPS) is 12.7. The lowest BCUT2D eigenvalue weighted by atomic mass is 10.0. The lowest BCUT2D eigenvalue weighted by Crippen LogP contribution is -2.30. The van der Waals surface area contributed by atoms with Crippen LogP contribution < -0.4 is 0 Å². The molecule has 0 aliphatic carbocycles. The van der Waals surface area contributed by atoms with Crippen LogP contribution in [-0.2, 0) is 28.6 Å². The molecule has 0 saturated carbocycles. The van der Waals surface area contributed by atoms with E-state index < -0.39 is 12.1 Å². The molecule has 0 spiro atoms. The minimum Gasteiger partial charge on any atom is -0.462 e. The Bertz CT molecular complexity index is 1480. The van der Waals surface area contributed by atoms with Gasteiger partial charge in [0, 0.05) is 19.3 Å². The quantitative estimate of drug-likeness (QED) is 0.0261. The predicted molar refractivity (Wildman–Crippen MR) is 325 cm³/mol. The molecule has 0 aromatic heterocycles. The second kappa shape index (κ2) is 62.9. The predicted octanol–water partition coefficient (Wildman–Crippen LogP) is 21.7. The Hall–Kier alpha value is -3.67. The van der Waals surface area contributed by atoms with Crippen molar-refractivity contribution in [2.45, 2.75) is 309 Å². The Morgan fingerprint density at radius 1 is 0.280 bits per heavy atom. The molecule has 0 saturated heterocycles. The zero-order valence-corrected chi connectivity index (χ0v) is 49.3. The maximum atomic E-state index is 12.9. The second-order valence-electron chi connectivity index (χ2n) is 20.9. The number of esters is 3. The Morgan fingerprint density at radius 3 is 0.893 bits per heavy atom. The summed E-state index contributed by atoms with van der Waals surface area (Å²) in [7, 11) is 0. The Kier molecular flexibility index (Phi) is 59.8. The third kappa shape index (κ3) is 61.1. The van der Waals surface area contributed by atoms with E-state index in [0.29, 0.717) is 19.3 Å². The van der Waals surface area contributed by atoms with E-state index >= 15 is 0 Å². The molecule has 0 rings (SSSR count). The number of carbonyl (C=O) groups is 3. The van der Waals surface area contributed by atoms with Gasteiger partial charge in [-0.25, -0.2) is 0 Å². The van der Waals surface area contributed by atoms with Crippen molar-refractivity contribution in [1.29, 1.82) is 0 Å². The van der Waals surface area contributed by atoms with Crippen LogP contribution in [-0.4, -0.2) is 37.2 Å². The fourth-order valence-electron chi connectivity index (χ4n) is 8.85. The van der Waals surface area contributed by atoms with E-state index in [9.17, 15) is 14.4 Å². The Labute approximate surface area is 464 Å². The van der Waals surface area contributed by atoms with Crippen LogP contribution in [0.1, 0.15) is 303 Å². The monoisotopic (exact) mass is 1040 g/mol. The molecule has 1 atom stereocenters. The highest BCUT2D eigenvalue weighted by Crippen LogP contribution is 2.17. The molecule has 0 N–H and O–H groups in total. The van der Waals surface area contributed by atoms with Crippen LogP contribution in [0.3, 0.4) is 0 Å². The van der Waals surface area contributed by atoms with Crippen LogP contribution in [0.4, 0.5) is 0 Å². The summed E-state index contributed by atoms with van der Waals surface area (Å²) in [6.07, 6.45) is 84.3. The molecule has 0 aromatic carbocycles. The summed E-state index contributed by atoms with van der Waals surface area (Å²) in [4.78, 5) is 38.3. The summed E-state index contributed by atoms with van der Waals surface area (Å²) in [6, 6.07) is 0. The van der Waals surface area contributed by atoms with Crippen molar-refractivity contribution in [2.24, 2.45) is 0 Å². The minimum atomic E-state index is -0.824. The molecule has 1 unspecified atom stereocenters. The van der Waals surface area contributed by atoms with Crippen LogP contribution in [0, 0.1) is 0 Å². The summed E-state index contributed by atoms with van der Waals surface area (Å²) in [6.45, 7) is 6.46. The van der Waals surface area contributed by atoms with Gasteiger partial charge in [0.15, 0.2) is 6.10 Å². The average Bonchev–Trinajstić information content (AvgIpc) is 3.41. The highest BCUT2D eigenvalue weighted by Gasteiger charge is 2.19. The highest BCUT2D eigenvalue weighted by molar-refractivity contribution is 5.71. The summed E-state index contributed by atoms with van der Waals surface area (Å²) in [5.74, 6) is -1.000. The first-order valence-corrected chi connectivity index (χ1v) is 31.7. The van der Waals surface area contributed by atoms with Gasteiger partial charge < -0.3 is 14.2 Å². The summed E-state index contributed by atoms with van der Waals surface area (Å²) >= 11 is 0. The number of hydrogen-bond donors (Lipinski definition) is 0. The van der Waals surface area contributed by atoms with E-state index in [-0.39, 0.29) is 31.6 Å². The van der Waals surface area contributed by atoms with Gasteiger partial charge in [-0.2, -0.15) is 0 Å². The van der Waals surface area contributed by atoms with Crippen LogP contribution in [0.15, 0.2) is 97.2 Å². The SMILES string of the molecule is CC/C=C\C/C=C\C/C=C\C/C=C\C/C=C\C/C=C\CCC(=O)OC(COC(=O)CCCCCCC/C=C\C/C=C\CCCCC)COC(=O)CCCCCCCCCCCCCCCCCCCCCCCCC. The molecule has 0 aliphatic rings. The van der Waals surface area contributed by atoms with Gasteiger partial charge in [-0.05, 0) is 89.9 Å². The molecule has 6 nitrogen and oxygen atoms in total. The van der Waals surface area contributed by atoms with Crippen LogP contribution in [0.2, 0.25) is 0 Å². The van der Waals surface area contributed by atoms with Gasteiger partial charge >= 0.3 is 17.9 Å². The number of hydrogen-bond acceptors (Lipinski definition) is 6. The zero-order valence-electron chi connectivity index (χ0n) is 49.3. The number of allylic oxidation sites excluding steroid dienone is 16. The standard InChI is InChI=1S/C69H118O6/c1-4-7-10-13-16-19-22-25-28-30-32-33-34-35-37-38-41-44-47-50-53-56-59-62-68(71)74-65-66(64-73-67(70)61-58-55-52-49-46-43-40-27-24-21-18-15-12-9-6-3)75-69(72)63-60-57-54-51-48-45-42-39-36-31-29-26-23-20-17-14-11-8-5-2/h8,11,17-18,20-21,26-27,29,36,39-40,45,48,54,57,66H,4-7,9-10,12-16,19,22-25,28,30-35,37-38,41-44,46-47,49-53,55-56,58-65H2,1-3H3/b11-8-,20-17-,21-18-,29-26-,39-36-,40-27-,48-45-,57-54-. The maximum Gasteiger partial charge on any atom is 0.306 e. The maximum absolute atomic E-state index is 12.9. The summed E-state index contributed by atoms with van der Waals surface area (Å²) < 4.78 is 16.8. The van der Waals surface area contributed by atoms with Gasteiger partial charge in [0.25, 0.3) is 0 Å². The lowest BCUT2D eigenvalue weighted by molar-refractivity contribution is -0.166. The molecule has 0 bridgehead atoms. The zero-order chi connectivity index (χ0) is 54.3. The first-order chi connectivity index (χ1) is 37.0. The van der Waals surface area contributed by atoms with Gasteiger partial charge in [0.1, 0.15) is 13.2 Å². The van der Waals surface area contributed by atoms with Crippen molar-refractivity contribution in [3.05, 3.63) is 97.2 Å². The van der Waals surface area contributed by atoms with Gasteiger partial charge in [0.2, 0.25) is 0 Å². The molecule has 6 heteroatoms. The largest absolute Gasteiger partial charge is 0.462 e. The third-order valence-corrected chi connectivity index (χ3v) is 13.6. The smallest absolute Gasteiger partial charge is 0.306 e. The van der Waals surface area contributed by atoms with Crippen molar-refractivity contribution < 1.29 is 28.6 Å². The molecule has 0 radical (unpaired) electrons. The molecule has 430 valence electrons. The molecule has 75 heavy (non-hydrogen) atoms. The number of ether oxygens (including phenoxy) is 3. The molecule has 0 fully saturated rings. The van der Waals surface area contributed by atoms with E-state index in [1.807, 2.05) is 6.08 Å². The van der Waals surface area contributed by atoms with Gasteiger partial charge in [-0.15, -0.1) is 0 Å². The number of rotatable bonds is 57. The highest BCUT2D eigenvalue weighted by atomic mass is 16.6. The van der Waals surface area contributed by atoms with Crippen molar-refractivity contribution in [2.75, 3.05) is 13.2 Å². The first kappa shape index (κ1) is 71.3. The van der Waals surface area contributed by atoms with E-state index in [0.717, 1.165) is 103 Å². The minimum absolute atomic E-state index is 0.110. The van der Waals surface area contributed by atoms with Crippen LogP contribution in [0.5, 0.6) is 0 Å². The van der Waals surface area contributed by atoms with Gasteiger partial charge in [-0.3, -0.25) is 14.4 Å². The molecule has 0 aliphatic heterocycles. The van der Waals surface area contributed by atoms with Gasteiger partial charge in [-0.1, -0.05) is 291 Å². The van der Waals surface area contributed by atoms with Crippen molar-refractivity contribution in [1.82, 2.24) is 0 Å². The average molecular weight is 1040 g/mol. The first-order valence-electron chi connectivity index (χ1n) is 31.7. The lowest BCUT2D eigenvalue weighted by Gasteiger charge is -2.18. The summed E-state index contributed by atoms with van der Waals surface area (Å²) in [5, 5.41) is 0. The second-order valence-corrected chi connectivity index (χ2v) is 20.9. The van der Waals surface area contributed by atoms with Crippen LogP contribution >= 0.6 is 0 Å². The fourth-order valence-corrected chi connectivity index (χ4v) is 8.85. The van der Waals surface area contributed by atoms with Gasteiger partial charge in [0.05, 0.1) is 0 Å². The van der Waals surface area contributed by atoms with E-state index in [2.05, 4.69) is 112 Å². The third-order valence-electron chi connectivity index (χ3n) is 13.6. The molecule has 0 aromatic rings. The van der Waals surface area contributed by atoms with Crippen molar-refractivity contribution in [3.8, 4) is 0 Å². The Morgan fingerprint density at radius 2 is 0.547 bits per heavy atom. The Balaban J connectivity index is 4.43. The van der Waals surface area contributed by atoms with E-state index in [1.165, 1.54) is 154 Å². The molecule has 0 heterocycles. The summed E-state index contributed by atoms with van der Waals surface area (Å²) in [5.41, 5.74) is 0. The van der Waals surface area contributed by atoms with Crippen molar-refractivity contribution in [3.63, 3.8) is 0 Å². The molecular formula is C69H118O6. The molecule has 0 amide bonds. The fraction of sp³-hybridized carbons (Fsp3) is 0.725.